The smallest absolute Gasteiger partial charge is 0.338 e. The Morgan fingerprint density at radius 1 is 1.12 bits per heavy atom. The maximum atomic E-state index is 14.0. The van der Waals surface area contributed by atoms with Gasteiger partial charge < -0.3 is 18.6 Å². The van der Waals surface area contributed by atoms with Crippen molar-refractivity contribution in [2.75, 3.05) is 20.3 Å². The first-order valence-corrected chi connectivity index (χ1v) is 15.7. The van der Waals surface area contributed by atoms with Gasteiger partial charge in [-0.15, -0.1) is 0 Å². The number of unbranched alkanes of at least 4 members (excludes halogenated alkanes) is 1. The van der Waals surface area contributed by atoms with Crippen molar-refractivity contribution in [1.29, 1.82) is 0 Å². The van der Waals surface area contributed by atoms with Crippen LogP contribution in [0.4, 0.5) is 0 Å². The number of carbonyl (C=O) groups is 1. The number of carbonyl (C=O) groups excluding carboxylic acids is 1. The van der Waals surface area contributed by atoms with Crippen LogP contribution in [0.5, 0.6) is 11.5 Å². The zero-order valence-electron chi connectivity index (χ0n) is 24.7. The highest BCUT2D eigenvalue weighted by Crippen LogP contribution is 2.36. The SMILES string of the molecule is CCCCOc1ccc([C@@H]2C(C(=O)OCC)=C(C)N=c3s/c(=C/c4ccc(-c5ccc(C)cc5Br)o4)c(=O)n32)cc1OC. The number of furan rings is 1. The molecule has 0 aliphatic carbocycles. The molecule has 0 amide bonds. The van der Waals surface area contributed by atoms with Gasteiger partial charge in [-0.25, -0.2) is 9.79 Å². The van der Waals surface area contributed by atoms with Crippen LogP contribution < -0.4 is 24.4 Å². The fraction of sp³-hybridized carbons (Fsp3) is 0.303. The summed E-state index contributed by atoms with van der Waals surface area (Å²) in [4.78, 5) is 32.4. The minimum Gasteiger partial charge on any atom is -0.493 e. The molecule has 1 atom stereocenters. The van der Waals surface area contributed by atoms with Gasteiger partial charge in [0.1, 0.15) is 11.5 Å². The van der Waals surface area contributed by atoms with E-state index in [9.17, 15) is 9.59 Å². The molecule has 0 saturated heterocycles. The fourth-order valence-electron chi connectivity index (χ4n) is 4.93. The molecule has 4 aromatic rings. The lowest BCUT2D eigenvalue weighted by atomic mass is 9.95. The minimum absolute atomic E-state index is 0.193. The van der Waals surface area contributed by atoms with E-state index in [1.807, 2.05) is 49.4 Å². The normalized spacial score (nSPS) is 14.8. The van der Waals surface area contributed by atoms with E-state index in [-0.39, 0.29) is 12.2 Å². The Morgan fingerprint density at radius 2 is 1.93 bits per heavy atom. The first kappa shape index (κ1) is 30.6. The lowest BCUT2D eigenvalue weighted by Gasteiger charge is -2.25. The predicted octanol–water partition coefficient (Wildman–Crippen LogP) is 6.32. The quantitative estimate of drug-likeness (QED) is 0.146. The van der Waals surface area contributed by atoms with Crippen LogP contribution >= 0.6 is 27.3 Å². The van der Waals surface area contributed by atoms with E-state index < -0.39 is 12.0 Å². The van der Waals surface area contributed by atoms with Crippen LogP contribution in [0.2, 0.25) is 0 Å². The molecule has 0 bridgehead atoms. The second kappa shape index (κ2) is 13.2. The number of fused-ring (bicyclic) bond motifs is 1. The lowest BCUT2D eigenvalue weighted by Crippen LogP contribution is -2.39. The average Bonchev–Trinajstić information content (AvgIpc) is 3.56. The van der Waals surface area contributed by atoms with E-state index in [2.05, 4.69) is 27.8 Å². The van der Waals surface area contributed by atoms with Gasteiger partial charge in [-0.05, 0) is 74.7 Å². The van der Waals surface area contributed by atoms with Crippen LogP contribution in [0.15, 0.2) is 78.5 Å². The molecule has 2 aromatic carbocycles. The summed E-state index contributed by atoms with van der Waals surface area (Å²) in [7, 11) is 1.57. The molecule has 0 N–H and O–H groups in total. The van der Waals surface area contributed by atoms with Gasteiger partial charge in [0.05, 0.1) is 42.2 Å². The topological polar surface area (TPSA) is 92.3 Å². The summed E-state index contributed by atoms with van der Waals surface area (Å²) in [6.07, 6.45) is 3.63. The van der Waals surface area contributed by atoms with Gasteiger partial charge in [0.15, 0.2) is 16.3 Å². The maximum absolute atomic E-state index is 14.0. The standard InChI is InChI=1S/C33H33BrN2O6S/c1-6-8-15-41-26-13-10-21(17-27(26)39-5)30-29(32(38)40-7-2)20(4)35-33-36(30)31(37)28(43-33)18-22-11-14-25(42-22)23-12-9-19(3)16-24(23)34/h9-14,16-18,30H,6-8,15H2,1-5H3/b28-18+/t30-/m1/s1. The number of hydrogen-bond acceptors (Lipinski definition) is 8. The van der Waals surface area contributed by atoms with E-state index in [0.717, 1.165) is 28.4 Å². The first-order chi connectivity index (χ1) is 20.7. The number of nitrogens with zero attached hydrogens (tertiary/aromatic N) is 2. The predicted molar refractivity (Wildman–Crippen MR) is 170 cm³/mol. The summed E-state index contributed by atoms with van der Waals surface area (Å²) in [5, 5.41) is 0. The van der Waals surface area contributed by atoms with Gasteiger partial charge >= 0.3 is 5.97 Å². The molecular weight excluding hydrogens is 632 g/mol. The number of ether oxygens (including phenoxy) is 3. The molecule has 3 heterocycles. The van der Waals surface area contributed by atoms with Crippen molar-refractivity contribution >= 4 is 39.3 Å². The Hall–Kier alpha value is -3.89. The highest BCUT2D eigenvalue weighted by atomic mass is 79.9. The Balaban J connectivity index is 1.61. The number of methoxy groups -OCH3 is 1. The zero-order chi connectivity index (χ0) is 30.7. The van der Waals surface area contributed by atoms with E-state index in [1.165, 1.54) is 11.3 Å². The number of rotatable bonds is 10. The zero-order valence-corrected chi connectivity index (χ0v) is 27.1. The van der Waals surface area contributed by atoms with Crippen molar-refractivity contribution in [1.82, 2.24) is 4.57 Å². The van der Waals surface area contributed by atoms with Crippen LogP contribution in [0.25, 0.3) is 17.4 Å². The molecule has 8 nitrogen and oxygen atoms in total. The van der Waals surface area contributed by atoms with Gasteiger partial charge in [0, 0.05) is 16.1 Å². The van der Waals surface area contributed by atoms with E-state index >= 15 is 0 Å². The monoisotopic (exact) mass is 664 g/mol. The largest absolute Gasteiger partial charge is 0.493 e. The molecule has 2 aromatic heterocycles. The Kier molecular flexibility index (Phi) is 9.37. The average molecular weight is 666 g/mol. The number of aryl methyl sites for hydroxylation is 1. The Bertz CT molecular complexity index is 1880. The van der Waals surface area contributed by atoms with Crippen LogP contribution in [-0.4, -0.2) is 30.9 Å². The van der Waals surface area contributed by atoms with Crippen LogP contribution in [0, 0.1) is 6.92 Å². The summed E-state index contributed by atoms with van der Waals surface area (Å²) in [6.45, 7) is 8.38. The number of aromatic nitrogens is 1. The number of halogens is 1. The third-order valence-electron chi connectivity index (χ3n) is 7.07. The molecule has 0 saturated carbocycles. The number of allylic oxidation sites excluding steroid dienone is 1. The summed E-state index contributed by atoms with van der Waals surface area (Å²) in [5.74, 6) is 1.79. The van der Waals surface area contributed by atoms with Gasteiger partial charge in [-0.2, -0.15) is 0 Å². The van der Waals surface area contributed by atoms with Crippen molar-refractivity contribution in [2.24, 2.45) is 4.99 Å². The molecule has 5 rings (SSSR count). The molecule has 10 heteroatoms. The highest BCUT2D eigenvalue weighted by Gasteiger charge is 2.34. The summed E-state index contributed by atoms with van der Waals surface area (Å²) in [6, 6.07) is 14.4. The fourth-order valence-corrected chi connectivity index (χ4v) is 6.65. The number of thiazole rings is 1. The third-order valence-corrected chi connectivity index (χ3v) is 8.71. The molecular formula is C33H33BrN2O6S. The summed E-state index contributed by atoms with van der Waals surface area (Å²) >= 11 is 4.85. The second-order valence-corrected chi connectivity index (χ2v) is 12.0. The molecule has 0 fully saturated rings. The van der Waals surface area contributed by atoms with Crippen LogP contribution in [-0.2, 0) is 9.53 Å². The van der Waals surface area contributed by atoms with Crippen molar-refractivity contribution < 1.29 is 23.4 Å². The Morgan fingerprint density at radius 3 is 2.65 bits per heavy atom. The van der Waals surface area contributed by atoms with Gasteiger partial charge in [0.2, 0.25) is 0 Å². The molecule has 0 unspecified atom stereocenters. The van der Waals surface area contributed by atoms with Crippen LogP contribution in [0.3, 0.4) is 0 Å². The molecule has 224 valence electrons. The number of esters is 1. The first-order valence-electron chi connectivity index (χ1n) is 14.1. The van der Waals surface area contributed by atoms with Crippen molar-refractivity contribution in [3.05, 3.63) is 101 Å². The van der Waals surface area contributed by atoms with E-state index in [4.69, 9.17) is 18.6 Å². The Labute approximate surface area is 262 Å². The summed E-state index contributed by atoms with van der Waals surface area (Å²) < 4.78 is 26.0. The molecule has 43 heavy (non-hydrogen) atoms. The summed E-state index contributed by atoms with van der Waals surface area (Å²) in [5.41, 5.74) is 3.22. The molecule has 1 aliphatic rings. The molecule has 0 spiro atoms. The van der Waals surface area contributed by atoms with Crippen molar-refractivity contribution in [2.45, 2.75) is 46.6 Å². The second-order valence-electron chi connectivity index (χ2n) is 10.1. The molecule has 0 radical (unpaired) electrons. The van der Waals surface area contributed by atoms with Gasteiger partial charge in [0.25, 0.3) is 5.56 Å². The number of benzene rings is 2. The number of hydrogen-bond donors (Lipinski definition) is 0. The van der Waals surface area contributed by atoms with E-state index in [1.54, 1.807) is 37.7 Å². The highest BCUT2D eigenvalue weighted by molar-refractivity contribution is 9.10. The van der Waals surface area contributed by atoms with Gasteiger partial charge in [-0.3, -0.25) is 9.36 Å². The van der Waals surface area contributed by atoms with Crippen LogP contribution in [0.1, 0.15) is 56.5 Å². The third kappa shape index (κ3) is 6.26. The minimum atomic E-state index is -0.772. The lowest BCUT2D eigenvalue weighted by molar-refractivity contribution is -0.139. The van der Waals surface area contributed by atoms with Crippen molar-refractivity contribution in [3.8, 4) is 22.8 Å². The maximum Gasteiger partial charge on any atom is 0.338 e. The van der Waals surface area contributed by atoms with E-state index in [0.29, 0.717) is 55.8 Å². The van der Waals surface area contributed by atoms with Gasteiger partial charge in [-0.1, -0.05) is 52.7 Å². The van der Waals surface area contributed by atoms with Crippen molar-refractivity contribution in [3.63, 3.8) is 0 Å². The molecule has 1 aliphatic heterocycles.